The van der Waals surface area contributed by atoms with E-state index in [0.29, 0.717) is 21.5 Å². The summed E-state index contributed by atoms with van der Waals surface area (Å²) in [5.41, 5.74) is 1.63. The molecule has 1 aromatic carbocycles. The van der Waals surface area contributed by atoms with Gasteiger partial charge >= 0.3 is 5.97 Å². The van der Waals surface area contributed by atoms with Gasteiger partial charge in [0.2, 0.25) is 5.91 Å². The third-order valence-corrected chi connectivity index (χ3v) is 3.50. The first-order valence-electron chi connectivity index (χ1n) is 6.13. The number of hydrogen-bond acceptors (Lipinski definition) is 4. The van der Waals surface area contributed by atoms with Gasteiger partial charge in [0.05, 0.1) is 23.4 Å². The number of hydrogen-bond donors (Lipinski definition) is 2. The summed E-state index contributed by atoms with van der Waals surface area (Å²) in [7, 11) is 0. The number of nitrogens with zero attached hydrogens (tertiary/aromatic N) is 1. The zero-order valence-electron chi connectivity index (χ0n) is 11.4. The van der Waals surface area contributed by atoms with E-state index in [9.17, 15) is 9.59 Å². The molecule has 0 spiro atoms. The monoisotopic (exact) mass is 352 g/mol. The maximum Gasteiger partial charge on any atom is 0.337 e. The fourth-order valence-electron chi connectivity index (χ4n) is 1.92. The Labute approximate surface area is 129 Å². The lowest BCUT2D eigenvalue weighted by atomic mass is 10.1. The number of anilines is 1. The molecule has 6 nitrogen and oxygen atoms in total. The molecule has 0 saturated heterocycles. The van der Waals surface area contributed by atoms with Gasteiger partial charge in [0, 0.05) is 10.0 Å². The second-order valence-electron chi connectivity index (χ2n) is 4.52. The summed E-state index contributed by atoms with van der Waals surface area (Å²) >= 11 is 3.25. The smallest absolute Gasteiger partial charge is 0.337 e. The first-order chi connectivity index (χ1) is 9.88. The summed E-state index contributed by atoms with van der Waals surface area (Å²) in [6, 6.07) is 4.58. The minimum atomic E-state index is -1.10. The van der Waals surface area contributed by atoms with Crippen LogP contribution in [0, 0.1) is 13.8 Å². The number of amides is 1. The first kappa shape index (κ1) is 15.2. The van der Waals surface area contributed by atoms with E-state index in [2.05, 4.69) is 26.4 Å². The SMILES string of the molecule is Cc1noc(C)c1CC(=O)Nc1cc(Br)ccc1C(=O)O. The zero-order chi connectivity index (χ0) is 15.6. The average molecular weight is 353 g/mol. The van der Waals surface area contributed by atoms with E-state index in [1.54, 1.807) is 26.0 Å². The van der Waals surface area contributed by atoms with Gasteiger partial charge in [-0.2, -0.15) is 0 Å². The van der Waals surface area contributed by atoms with E-state index in [0.717, 1.165) is 0 Å². The third kappa shape index (κ3) is 3.49. The summed E-state index contributed by atoms with van der Waals surface area (Å²) in [6.45, 7) is 3.48. The molecule has 110 valence electrons. The highest BCUT2D eigenvalue weighted by Crippen LogP contribution is 2.22. The molecule has 1 aromatic heterocycles. The van der Waals surface area contributed by atoms with Gasteiger partial charge in [-0.25, -0.2) is 4.79 Å². The maximum atomic E-state index is 12.1. The van der Waals surface area contributed by atoms with Crippen LogP contribution in [0.1, 0.15) is 27.4 Å². The van der Waals surface area contributed by atoms with Gasteiger partial charge in [-0.3, -0.25) is 4.79 Å². The standard InChI is InChI=1S/C14H13BrN2O4/c1-7-11(8(2)21-17-7)6-13(18)16-12-5-9(15)3-4-10(12)14(19)20/h3-5H,6H2,1-2H3,(H,16,18)(H,19,20). The molecule has 0 aliphatic rings. The first-order valence-corrected chi connectivity index (χ1v) is 6.92. The number of nitrogens with one attached hydrogen (secondary N) is 1. The van der Waals surface area contributed by atoms with Gasteiger partial charge in [0.1, 0.15) is 5.76 Å². The van der Waals surface area contributed by atoms with E-state index < -0.39 is 5.97 Å². The van der Waals surface area contributed by atoms with Crippen molar-refractivity contribution in [1.82, 2.24) is 5.16 Å². The number of rotatable bonds is 4. The summed E-state index contributed by atoms with van der Waals surface area (Å²) in [6.07, 6.45) is 0.0761. The van der Waals surface area contributed by atoms with E-state index in [1.807, 2.05) is 0 Å². The largest absolute Gasteiger partial charge is 0.478 e. The minimum Gasteiger partial charge on any atom is -0.478 e. The number of aromatic carboxylic acids is 1. The van der Waals surface area contributed by atoms with Crippen molar-refractivity contribution in [2.45, 2.75) is 20.3 Å². The van der Waals surface area contributed by atoms with Crippen LogP contribution in [-0.2, 0) is 11.2 Å². The fourth-order valence-corrected chi connectivity index (χ4v) is 2.28. The maximum absolute atomic E-state index is 12.1. The second-order valence-corrected chi connectivity index (χ2v) is 5.44. The number of carbonyl (C=O) groups is 2. The van der Waals surface area contributed by atoms with Crippen LogP contribution in [0.4, 0.5) is 5.69 Å². The van der Waals surface area contributed by atoms with E-state index in [4.69, 9.17) is 9.63 Å². The Balaban J connectivity index is 2.20. The number of carbonyl (C=O) groups excluding carboxylic acids is 1. The average Bonchev–Trinajstić information content (AvgIpc) is 2.70. The van der Waals surface area contributed by atoms with Crippen LogP contribution in [0.5, 0.6) is 0 Å². The zero-order valence-corrected chi connectivity index (χ0v) is 13.0. The third-order valence-electron chi connectivity index (χ3n) is 3.00. The topological polar surface area (TPSA) is 92.4 Å². The number of benzene rings is 1. The summed E-state index contributed by atoms with van der Waals surface area (Å²) in [4.78, 5) is 23.2. The normalized spacial score (nSPS) is 10.4. The second kappa shape index (κ2) is 6.09. The lowest BCUT2D eigenvalue weighted by Crippen LogP contribution is -2.17. The van der Waals surface area contributed by atoms with Gasteiger partial charge in [-0.1, -0.05) is 21.1 Å². The van der Waals surface area contributed by atoms with Crippen molar-refractivity contribution in [3.05, 3.63) is 45.3 Å². The summed E-state index contributed by atoms with van der Waals surface area (Å²) in [5, 5.41) is 15.5. The molecule has 0 atom stereocenters. The van der Waals surface area contributed by atoms with Crippen molar-refractivity contribution in [2.24, 2.45) is 0 Å². The molecule has 0 radical (unpaired) electrons. The van der Waals surface area contributed by atoms with Crippen LogP contribution in [0.25, 0.3) is 0 Å². The van der Waals surface area contributed by atoms with Crippen LogP contribution in [0.15, 0.2) is 27.2 Å². The lowest BCUT2D eigenvalue weighted by Gasteiger charge is -2.09. The molecule has 1 amide bonds. The van der Waals surface area contributed by atoms with Crippen LogP contribution in [0.3, 0.4) is 0 Å². The van der Waals surface area contributed by atoms with Gasteiger partial charge in [0.15, 0.2) is 0 Å². The molecule has 0 saturated carbocycles. The van der Waals surface area contributed by atoms with E-state index in [1.165, 1.54) is 6.07 Å². The Bertz CT molecular complexity index is 689. The van der Waals surface area contributed by atoms with Crippen LogP contribution >= 0.6 is 15.9 Å². The molecule has 2 rings (SSSR count). The Kier molecular flexibility index (Phi) is 4.42. The molecule has 7 heteroatoms. The van der Waals surface area contributed by atoms with E-state index in [-0.39, 0.29) is 23.6 Å². The van der Waals surface area contributed by atoms with Crippen molar-refractivity contribution in [1.29, 1.82) is 0 Å². The quantitative estimate of drug-likeness (QED) is 0.882. The van der Waals surface area contributed by atoms with Crippen molar-refractivity contribution in [3.63, 3.8) is 0 Å². The van der Waals surface area contributed by atoms with Crippen LogP contribution in [0.2, 0.25) is 0 Å². The Morgan fingerprint density at radius 3 is 2.67 bits per heavy atom. The van der Waals surface area contributed by atoms with Crippen LogP contribution < -0.4 is 5.32 Å². The van der Waals surface area contributed by atoms with Crippen LogP contribution in [-0.4, -0.2) is 22.1 Å². The van der Waals surface area contributed by atoms with Gasteiger partial charge in [0.25, 0.3) is 0 Å². The summed E-state index contributed by atoms with van der Waals surface area (Å²) in [5.74, 6) is -0.851. The van der Waals surface area contributed by atoms with Crippen molar-refractivity contribution < 1.29 is 19.2 Å². The Hall–Kier alpha value is -2.15. The number of halogens is 1. The molecule has 0 aliphatic heterocycles. The molecule has 21 heavy (non-hydrogen) atoms. The Morgan fingerprint density at radius 2 is 2.10 bits per heavy atom. The minimum absolute atomic E-state index is 0.0327. The molecular formula is C14H13BrN2O4. The Morgan fingerprint density at radius 1 is 1.38 bits per heavy atom. The van der Waals surface area contributed by atoms with E-state index >= 15 is 0 Å². The fraction of sp³-hybridized carbons (Fsp3) is 0.214. The molecule has 0 fully saturated rings. The molecule has 0 unspecified atom stereocenters. The number of carboxylic acid groups (broad SMARTS) is 1. The van der Waals surface area contributed by atoms with Gasteiger partial charge in [-0.15, -0.1) is 0 Å². The molecule has 0 bridgehead atoms. The predicted octanol–water partition coefficient (Wildman–Crippen LogP) is 2.93. The van der Waals surface area contributed by atoms with Crippen molar-refractivity contribution in [2.75, 3.05) is 5.32 Å². The summed E-state index contributed by atoms with van der Waals surface area (Å²) < 4.78 is 5.68. The predicted molar refractivity (Wildman–Crippen MR) is 79.4 cm³/mol. The van der Waals surface area contributed by atoms with Crippen molar-refractivity contribution >= 4 is 33.5 Å². The molecule has 0 aliphatic carbocycles. The van der Waals surface area contributed by atoms with Gasteiger partial charge < -0.3 is 14.9 Å². The molecule has 2 N–H and O–H groups in total. The highest BCUT2D eigenvalue weighted by Gasteiger charge is 2.16. The lowest BCUT2D eigenvalue weighted by molar-refractivity contribution is -0.115. The molecular weight excluding hydrogens is 340 g/mol. The number of carboxylic acids is 1. The van der Waals surface area contributed by atoms with Crippen molar-refractivity contribution in [3.8, 4) is 0 Å². The molecule has 2 aromatic rings. The number of aryl methyl sites for hydroxylation is 2. The highest BCUT2D eigenvalue weighted by molar-refractivity contribution is 9.10. The molecule has 1 heterocycles. The highest BCUT2D eigenvalue weighted by atomic mass is 79.9. The number of aromatic nitrogens is 1. The van der Waals surface area contributed by atoms with Gasteiger partial charge in [-0.05, 0) is 32.0 Å².